The van der Waals surface area contributed by atoms with Crippen molar-refractivity contribution in [2.75, 3.05) is 0 Å². The summed E-state index contributed by atoms with van der Waals surface area (Å²) in [4.78, 5) is 1.27. The van der Waals surface area contributed by atoms with Crippen LogP contribution in [0.4, 0.5) is 0 Å². The molecule has 0 aliphatic carbocycles. The second kappa shape index (κ2) is 4.45. The van der Waals surface area contributed by atoms with Gasteiger partial charge in [-0.15, -0.1) is 11.8 Å². The quantitative estimate of drug-likeness (QED) is 0.616. The minimum atomic E-state index is 0.528. The van der Waals surface area contributed by atoms with Gasteiger partial charge in [0.15, 0.2) is 0 Å². The highest BCUT2D eigenvalue weighted by Gasteiger charge is 1.96. The standard InChI is InChI=1S/C10H12S/c1-9(2)8-11-10-6-4-3-5-7-10/h3-7,9H,1-2H3. The van der Waals surface area contributed by atoms with Crippen molar-refractivity contribution < 1.29 is 0 Å². The van der Waals surface area contributed by atoms with E-state index in [1.54, 1.807) is 11.8 Å². The van der Waals surface area contributed by atoms with Crippen molar-refractivity contribution >= 4 is 11.8 Å². The lowest BCUT2D eigenvalue weighted by atomic mass is 10.3. The molecule has 1 aromatic rings. The summed E-state index contributed by atoms with van der Waals surface area (Å²) in [6.45, 7) is 4.27. The molecule has 0 nitrogen and oxygen atoms in total. The molecule has 1 aromatic carbocycles. The van der Waals surface area contributed by atoms with Gasteiger partial charge in [0, 0.05) is 4.90 Å². The van der Waals surface area contributed by atoms with Crippen LogP contribution >= 0.6 is 11.8 Å². The third kappa shape index (κ3) is 3.47. The number of rotatable bonds is 3. The second-order valence-electron chi connectivity index (χ2n) is 2.69. The molecule has 0 aliphatic rings. The Bertz CT molecular complexity index is 191. The molecular formula is C10H12S. The highest BCUT2D eigenvalue weighted by atomic mass is 32.2. The van der Waals surface area contributed by atoms with Crippen LogP contribution in [0.5, 0.6) is 0 Å². The van der Waals surface area contributed by atoms with E-state index in [2.05, 4.69) is 31.7 Å². The number of benzene rings is 1. The van der Waals surface area contributed by atoms with Gasteiger partial charge < -0.3 is 0 Å². The first kappa shape index (κ1) is 8.66. The summed E-state index contributed by atoms with van der Waals surface area (Å²) >= 11 is 1.68. The largest absolute Gasteiger partial charge is 0.116 e. The average molecular weight is 164 g/mol. The molecule has 11 heavy (non-hydrogen) atoms. The molecule has 0 aromatic heterocycles. The van der Waals surface area contributed by atoms with Gasteiger partial charge in [0.2, 0.25) is 0 Å². The van der Waals surface area contributed by atoms with Gasteiger partial charge in [-0.05, 0) is 18.1 Å². The molecule has 1 rings (SSSR count). The smallest absolute Gasteiger partial charge is 0.0563 e. The molecule has 58 valence electrons. The van der Waals surface area contributed by atoms with E-state index < -0.39 is 0 Å². The fraction of sp³-hybridized carbons (Fsp3) is 0.300. The lowest BCUT2D eigenvalue weighted by molar-refractivity contribution is 0.811. The summed E-state index contributed by atoms with van der Waals surface area (Å²) < 4.78 is 0. The van der Waals surface area contributed by atoms with Crippen LogP contribution in [-0.2, 0) is 0 Å². The van der Waals surface area contributed by atoms with Crippen LogP contribution in [0.2, 0.25) is 0 Å². The van der Waals surface area contributed by atoms with Gasteiger partial charge in [-0.3, -0.25) is 0 Å². The van der Waals surface area contributed by atoms with Crippen molar-refractivity contribution in [3.8, 4) is 0 Å². The third-order valence-corrected chi connectivity index (χ3v) is 2.25. The van der Waals surface area contributed by atoms with Crippen LogP contribution in [0.3, 0.4) is 0 Å². The molecule has 0 bridgehead atoms. The van der Waals surface area contributed by atoms with E-state index in [1.807, 2.05) is 18.2 Å². The van der Waals surface area contributed by atoms with E-state index in [0.717, 1.165) is 0 Å². The zero-order valence-electron chi connectivity index (χ0n) is 6.87. The van der Waals surface area contributed by atoms with E-state index >= 15 is 0 Å². The molecular weight excluding hydrogens is 152 g/mol. The number of hydrogen-bond acceptors (Lipinski definition) is 1. The van der Waals surface area contributed by atoms with Crippen molar-refractivity contribution in [1.82, 2.24) is 0 Å². The lowest BCUT2D eigenvalue weighted by Gasteiger charge is -2.01. The van der Waals surface area contributed by atoms with Crippen molar-refractivity contribution in [1.29, 1.82) is 0 Å². The monoisotopic (exact) mass is 164 g/mol. The van der Waals surface area contributed by atoms with Crippen molar-refractivity contribution in [2.45, 2.75) is 18.7 Å². The Balaban J connectivity index is 2.39. The van der Waals surface area contributed by atoms with Gasteiger partial charge >= 0.3 is 0 Å². The Morgan fingerprint density at radius 3 is 2.36 bits per heavy atom. The van der Waals surface area contributed by atoms with Crippen molar-refractivity contribution in [3.05, 3.63) is 36.1 Å². The molecule has 0 saturated heterocycles. The summed E-state index contributed by atoms with van der Waals surface area (Å²) in [6.07, 6.45) is 0. The number of hydrogen-bond donors (Lipinski definition) is 0. The van der Waals surface area contributed by atoms with Gasteiger partial charge in [-0.1, -0.05) is 32.0 Å². The summed E-state index contributed by atoms with van der Waals surface area (Å²) in [5.41, 5.74) is 0. The normalized spacial score (nSPS) is 10.5. The Morgan fingerprint density at radius 1 is 1.18 bits per heavy atom. The van der Waals surface area contributed by atoms with Crippen LogP contribution < -0.4 is 0 Å². The van der Waals surface area contributed by atoms with Crippen LogP contribution in [0.1, 0.15) is 13.8 Å². The molecule has 0 saturated carbocycles. The molecule has 0 unspecified atom stereocenters. The van der Waals surface area contributed by atoms with Crippen molar-refractivity contribution in [2.24, 2.45) is 5.92 Å². The average Bonchev–Trinajstić information content (AvgIpc) is 2.03. The summed E-state index contributed by atoms with van der Waals surface area (Å²) in [7, 11) is 0. The Morgan fingerprint density at radius 2 is 1.82 bits per heavy atom. The molecule has 1 heteroatoms. The maximum Gasteiger partial charge on any atom is 0.0563 e. The predicted octanol–water partition coefficient (Wildman–Crippen LogP) is 3.47. The first-order valence-corrected chi connectivity index (χ1v) is 4.58. The Hall–Kier alpha value is -0.430. The fourth-order valence-corrected chi connectivity index (χ4v) is 1.34. The maximum absolute atomic E-state index is 3.28. The summed E-state index contributed by atoms with van der Waals surface area (Å²) in [5, 5.41) is 0. The molecule has 0 aliphatic heterocycles. The van der Waals surface area contributed by atoms with E-state index in [9.17, 15) is 0 Å². The molecule has 0 amide bonds. The molecule has 0 heterocycles. The third-order valence-electron chi connectivity index (χ3n) is 1.16. The van der Waals surface area contributed by atoms with Gasteiger partial charge in [0.1, 0.15) is 0 Å². The molecule has 0 N–H and O–H groups in total. The van der Waals surface area contributed by atoms with Crippen LogP contribution in [0, 0.1) is 11.7 Å². The molecule has 0 spiro atoms. The van der Waals surface area contributed by atoms with Crippen LogP contribution in [0.15, 0.2) is 35.2 Å². The molecule has 0 fully saturated rings. The highest BCUT2D eigenvalue weighted by Crippen LogP contribution is 2.23. The van der Waals surface area contributed by atoms with Crippen LogP contribution in [-0.4, -0.2) is 0 Å². The fourth-order valence-electron chi connectivity index (χ4n) is 0.674. The minimum absolute atomic E-state index is 0.528. The lowest BCUT2D eigenvalue weighted by Crippen LogP contribution is -1.82. The highest BCUT2D eigenvalue weighted by molar-refractivity contribution is 8.01. The molecule has 0 atom stereocenters. The first-order valence-electron chi connectivity index (χ1n) is 3.76. The van der Waals surface area contributed by atoms with Gasteiger partial charge in [0.25, 0.3) is 0 Å². The molecule has 2 radical (unpaired) electrons. The SMILES string of the molecule is CC(C)[C]Sc1ccccc1. The second-order valence-corrected chi connectivity index (χ2v) is 3.60. The van der Waals surface area contributed by atoms with E-state index in [-0.39, 0.29) is 0 Å². The maximum atomic E-state index is 3.28. The topological polar surface area (TPSA) is 0 Å². The zero-order valence-corrected chi connectivity index (χ0v) is 7.69. The Labute approximate surface area is 73.0 Å². The van der Waals surface area contributed by atoms with Crippen molar-refractivity contribution in [3.63, 3.8) is 0 Å². The number of thioether (sulfide) groups is 1. The Kier molecular flexibility index (Phi) is 3.50. The van der Waals surface area contributed by atoms with Gasteiger partial charge in [-0.2, -0.15) is 0 Å². The summed E-state index contributed by atoms with van der Waals surface area (Å²) in [5.74, 6) is 3.81. The predicted molar refractivity (Wildman–Crippen MR) is 50.4 cm³/mol. The van der Waals surface area contributed by atoms with E-state index in [1.165, 1.54) is 4.90 Å². The minimum Gasteiger partial charge on any atom is -0.116 e. The van der Waals surface area contributed by atoms with E-state index in [0.29, 0.717) is 5.92 Å². The van der Waals surface area contributed by atoms with Gasteiger partial charge in [0.05, 0.1) is 5.75 Å². The van der Waals surface area contributed by atoms with Crippen LogP contribution in [0.25, 0.3) is 0 Å². The zero-order chi connectivity index (χ0) is 8.10. The van der Waals surface area contributed by atoms with E-state index in [4.69, 9.17) is 0 Å². The van der Waals surface area contributed by atoms with Gasteiger partial charge in [-0.25, -0.2) is 0 Å². The first-order chi connectivity index (χ1) is 5.29. The summed E-state index contributed by atoms with van der Waals surface area (Å²) in [6, 6.07) is 10.3.